The maximum Gasteiger partial charge on any atom is 0.307 e. The van der Waals surface area contributed by atoms with E-state index in [1.807, 2.05) is 13.0 Å². The van der Waals surface area contributed by atoms with Crippen molar-refractivity contribution in [1.29, 1.82) is 0 Å². The average molecular weight is 249 g/mol. The van der Waals surface area contributed by atoms with Crippen molar-refractivity contribution < 1.29 is 9.53 Å². The molecule has 0 aliphatic heterocycles. The van der Waals surface area contributed by atoms with Crippen LogP contribution in [0.2, 0.25) is 0 Å². The van der Waals surface area contributed by atoms with Crippen LogP contribution in [0.5, 0.6) is 0 Å². The summed E-state index contributed by atoms with van der Waals surface area (Å²) in [5, 5.41) is 3.39. The minimum Gasteiger partial charge on any atom is -0.469 e. The van der Waals surface area contributed by atoms with Gasteiger partial charge in [0.05, 0.1) is 13.5 Å². The maximum absolute atomic E-state index is 11.2. The highest BCUT2D eigenvalue weighted by atomic mass is 16.5. The Kier molecular flexibility index (Phi) is 5.35. The van der Waals surface area contributed by atoms with Crippen LogP contribution >= 0.6 is 0 Å². The zero-order valence-electron chi connectivity index (χ0n) is 11.7. The van der Waals surface area contributed by atoms with E-state index >= 15 is 0 Å². The number of esters is 1. The van der Waals surface area contributed by atoms with Crippen LogP contribution in [0.1, 0.15) is 32.8 Å². The van der Waals surface area contributed by atoms with Crippen LogP contribution in [0.15, 0.2) is 30.3 Å². The molecule has 0 heterocycles. The van der Waals surface area contributed by atoms with Crippen molar-refractivity contribution in [3.05, 3.63) is 35.9 Å². The predicted molar refractivity (Wildman–Crippen MR) is 73.6 cm³/mol. The number of hydrogen-bond donors (Lipinski definition) is 1. The van der Waals surface area contributed by atoms with Gasteiger partial charge in [-0.25, -0.2) is 0 Å². The lowest BCUT2D eigenvalue weighted by Crippen LogP contribution is -2.39. The number of carbonyl (C=O) groups excluding carboxylic acids is 1. The van der Waals surface area contributed by atoms with Gasteiger partial charge < -0.3 is 10.1 Å². The maximum atomic E-state index is 11.2. The Hall–Kier alpha value is -1.35. The molecule has 1 unspecified atom stereocenters. The zero-order valence-corrected chi connectivity index (χ0v) is 11.7. The fourth-order valence-electron chi connectivity index (χ4n) is 1.83. The first-order valence-corrected chi connectivity index (χ1v) is 6.31. The predicted octanol–water partition coefficient (Wildman–Crippen LogP) is 2.51. The van der Waals surface area contributed by atoms with E-state index in [2.05, 4.69) is 48.2 Å². The van der Waals surface area contributed by atoms with E-state index in [1.54, 1.807) is 0 Å². The second-order valence-electron chi connectivity index (χ2n) is 5.31. The molecule has 0 saturated heterocycles. The van der Waals surface area contributed by atoms with Gasteiger partial charge in [-0.2, -0.15) is 0 Å². The molecule has 100 valence electrons. The molecule has 0 saturated carbocycles. The molecule has 0 aliphatic carbocycles. The van der Waals surface area contributed by atoms with E-state index in [0.29, 0.717) is 6.42 Å². The van der Waals surface area contributed by atoms with Crippen molar-refractivity contribution in [2.75, 3.05) is 13.7 Å². The van der Waals surface area contributed by atoms with Crippen LogP contribution in [0.4, 0.5) is 0 Å². The van der Waals surface area contributed by atoms with E-state index < -0.39 is 0 Å². The summed E-state index contributed by atoms with van der Waals surface area (Å²) < 4.78 is 4.66. The molecular formula is C15H23NO2. The zero-order chi connectivity index (χ0) is 13.6. The van der Waals surface area contributed by atoms with Crippen LogP contribution in [0.3, 0.4) is 0 Å². The number of benzene rings is 1. The molecule has 1 atom stereocenters. The normalized spacial score (nSPS) is 13.1. The highest BCUT2D eigenvalue weighted by Gasteiger charge is 2.21. The molecular weight excluding hydrogens is 226 g/mol. The second-order valence-corrected chi connectivity index (χ2v) is 5.31. The van der Waals surface area contributed by atoms with E-state index in [4.69, 9.17) is 0 Å². The van der Waals surface area contributed by atoms with Gasteiger partial charge in [-0.05, 0) is 12.5 Å². The van der Waals surface area contributed by atoms with Gasteiger partial charge >= 0.3 is 5.97 Å². The topological polar surface area (TPSA) is 38.3 Å². The van der Waals surface area contributed by atoms with E-state index in [9.17, 15) is 4.79 Å². The molecule has 0 amide bonds. The Balaban J connectivity index is 2.49. The Bertz CT molecular complexity index is 373. The number of rotatable bonds is 6. The van der Waals surface area contributed by atoms with E-state index in [-0.39, 0.29) is 17.4 Å². The highest BCUT2D eigenvalue weighted by Crippen LogP contribution is 2.21. The van der Waals surface area contributed by atoms with E-state index in [1.165, 1.54) is 12.7 Å². The summed E-state index contributed by atoms with van der Waals surface area (Å²) in [6.45, 7) is 7.22. The Morgan fingerprint density at radius 3 is 2.50 bits per heavy atom. The molecule has 0 aliphatic rings. The molecule has 3 heteroatoms. The van der Waals surface area contributed by atoms with Gasteiger partial charge in [0.25, 0.3) is 0 Å². The number of methoxy groups -OCH3 is 1. The summed E-state index contributed by atoms with van der Waals surface area (Å²) in [6.07, 6.45) is 0.404. The van der Waals surface area contributed by atoms with Gasteiger partial charge in [0.1, 0.15) is 0 Å². The third kappa shape index (κ3) is 4.49. The molecule has 1 aromatic rings. The molecule has 0 radical (unpaired) electrons. The average Bonchev–Trinajstić information content (AvgIpc) is 2.37. The van der Waals surface area contributed by atoms with Crippen LogP contribution in [-0.2, 0) is 14.9 Å². The van der Waals surface area contributed by atoms with E-state index in [0.717, 1.165) is 6.54 Å². The third-order valence-electron chi connectivity index (χ3n) is 3.15. The summed E-state index contributed by atoms with van der Waals surface area (Å²) in [5.74, 6) is -0.174. The molecule has 0 spiro atoms. The number of nitrogens with one attached hydrogen (secondary N) is 1. The lowest BCUT2D eigenvalue weighted by atomic mass is 9.84. The minimum absolute atomic E-state index is 0.0473. The lowest BCUT2D eigenvalue weighted by molar-refractivity contribution is -0.141. The first-order chi connectivity index (χ1) is 8.45. The van der Waals surface area contributed by atoms with Crippen molar-refractivity contribution in [3.63, 3.8) is 0 Å². The van der Waals surface area contributed by atoms with Crippen molar-refractivity contribution in [2.45, 2.75) is 38.6 Å². The Morgan fingerprint density at radius 1 is 1.33 bits per heavy atom. The molecule has 3 nitrogen and oxygen atoms in total. The van der Waals surface area contributed by atoms with Crippen molar-refractivity contribution in [1.82, 2.24) is 5.32 Å². The van der Waals surface area contributed by atoms with Gasteiger partial charge in [0, 0.05) is 18.0 Å². The SMILES string of the molecule is COC(=O)CC(C)NCC(C)(C)c1ccccc1. The van der Waals surface area contributed by atoms with Crippen molar-refractivity contribution in [3.8, 4) is 0 Å². The molecule has 0 bridgehead atoms. The van der Waals surface area contributed by atoms with Gasteiger partial charge in [0.15, 0.2) is 0 Å². The molecule has 18 heavy (non-hydrogen) atoms. The Labute approximate surface area is 110 Å². The first-order valence-electron chi connectivity index (χ1n) is 6.31. The standard InChI is InChI=1S/C15H23NO2/c1-12(10-14(17)18-4)16-11-15(2,3)13-8-6-5-7-9-13/h5-9,12,16H,10-11H2,1-4H3. The highest BCUT2D eigenvalue weighted by molar-refractivity contribution is 5.69. The largest absolute Gasteiger partial charge is 0.469 e. The molecule has 1 aromatic carbocycles. The fourth-order valence-corrected chi connectivity index (χ4v) is 1.83. The summed E-state index contributed by atoms with van der Waals surface area (Å²) in [4.78, 5) is 11.2. The van der Waals surface area contributed by atoms with Gasteiger partial charge in [-0.3, -0.25) is 4.79 Å². The monoisotopic (exact) mass is 249 g/mol. The smallest absolute Gasteiger partial charge is 0.307 e. The number of hydrogen-bond acceptors (Lipinski definition) is 3. The summed E-state index contributed by atoms with van der Waals surface area (Å²) in [6, 6.07) is 10.5. The molecule has 1 N–H and O–H groups in total. The summed E-state index contributed by atoms with van der Waals surface area (Å²) in [5.41, 5.74) is 1.34. The summed E-state index contributed by atoms with van der Waals surface area (Å²) in [7, 11) is 1.42. The van der Waals surface area contributed by atoms with Crippen molar-refractivity contribution in [2.24, 2.45) is 0 Å². The molecule has 0 aromatic heterocycles. The van der Waals surface area contributed by atoms with Gasteiger partial charge in [-0.1, -0.05) is 44.2 Å². The van der Waals surface area contributed by atoms with Gasteiger partial charge in [0.2, 0.25) is 0 Å². The quantitative estimate of drug-likeness (QED) is 0.787. The minimum atomic E-state index is -0.174. The van der Waals surface area contributed by atoms with Crippen molar-refractivity contribution >= 4 is 5.97 Å². The second kappa shape index (κ2) is 6.55. The summed E-state index contributed by atoms with van der Waals surface area (Å²) >= 11 is 0. The molecule has 1 rings (SSSR count). The fraction of sp³-hybridized carbons (Fsp3) is 0.533. The lowest BCUT2D eigenvalue weighted by Gasteiger charge is -2.27. The van der Waals surface area contributed by atoms with Crippen LogP contribution < -0.4 is 5.32 Å². The number of ether oxygens (including phenoxy) is 1. The van der Waals surface area contributed by atoms with Crippen LogP contribution in [-0.4, -0.2) is 25.7 Å². The Morgan fingerprint density at radius 2 is 1.94 bits per heavy atom. The molecule has 0 fully saturated rings. The number of carbonyl (C=O) groups is 1. The van der Waals surface area contributed by atoms with Gasteiger partial charge in [-0.15, -0.1) is 0 Å². The third-order valence-corrected chi connectivity index (χ3v) is 3.15. The van der Waals surface area contributed by atoms with Crippen LogP contribution in [0.25, 0.3) is 0 Å². The van der Waals surface area contributed by atoms with Crippen LogP contribution in [0, 0.1) is 0 Å². The first kappa shape index (κ1) is 14.7.